The van der Waals surface area contributed by atoms with Gasteiger partial charge in [-0.25, -0.2) is 8.42 Å². The maximum atomic E-state index is 13.2. The second kappa shape index (κ2) is 6.29. The molecule has 0 N–H and O–H groups in total. The standard InChI is InChI=1S/C20H21NO3S/c1-14-4-8-16(9-5-14)18-19(20(18,12-21)13-24-3)25(22,23)17-10-6-15(2)7-11-17/h4-11,18-19H,13H2,1-3H3/t18-,19-,20-/m0/s1. The van der Waals surface area contributed by atoms with Gasteiger partial charge in [0.05, 0.1) is 22.8 Å². The Morgan fingerprint density at radius 2 is 1.56 bits per heavy atom. The first-order valence-electron chi connectivity index (χ1n) is 8.14. The molecular weight excluding hydrogens is 334 g/mol. The average Bonchev–Trinajstić information content (AvgIpc) is 3.26. The molecule has 0 radical (unpaired) electrons. The number of nitriles is 1. The van der Waals surface area contributed by atoms with E-state index in [0.29, 0.717) is 0 Å². The predicted octanol–water partition coefficient (Wildman–Crippen LogP) is 3.40. The molecule has 0 amide bonds. The maximum absolute atomic E-state index is 13.2. The van der Waals surface area contributed by atoms with Gasteiger partial charge in [-0.05, 0) is 31.5 Å². The quantitative estimate of drug-likeness (QED) is 0.824. The Balaban J connectivity index is 2.07. The molecule has 0 aliphatic heterocycles. The van der Waals surface area contributed by atoms with Gasteiger partial charge in [-0.15, -0.1) is 0 Å². The van der Waals surface area contributed by atoms with E-state index in [1.54, 1.807) is 24.3 Å². The van der Waals surface area contributed by atoms with Gasteiger partial charge in [-0.3, -0.25) is 0 Å². The van der Waals surface area contributed by atoms with E-state index in [0.717, 1.165) is 16.7 Å². The first-order valence-corrected chi connectivity index (χ1v) is 9.69. The number of nitrogens with zero attached hydrogens (tertiary/aromatic N) is 1. The van der Waals surface area contributed by atoms with Crippen LogP contribution in [0, 0.1) is 30.6 Å². The van der Waals surface area contributed by atoms with Crippen molar-refractivity contribution >= 4 is 9.84 Å². The molecule has 2 aromatic rings. The van der Waals surface area contributed by atoms with Crippen LogP contribution in [0.4, 0.5) is 0 Å². The van der Waals surface area contributed by atoms with Crippen molar-refractivity contribution in [2.24, 2.45) is 5.41 Å². The summed E-state index contributed by atoms with van der Waals surface area (Å²) in [6, 6.07) is 16.7. The minimum atomic E-state index is -3.63. The van der Waals surface area contributed by atoms with Gasteiger partial charge in [0.15, 0.2) is 9.84 Å². The highest BCUT2D eigenvalue weighted by molar-refractivity contribution is 7.92. The molecule has 1 aliphatic carbocycles. The number of hydrogen-bond donors (Lipinski definition) is 0. The minimum absolute atomic E-state index is 0.0950. The van der Waals surface area contributed by atoms with Crippen molar-refractivity contribution in [2.75, 3.05) is 13.7 Å². The fourth-order valence-electron chi connectivity index (χ4n) is 3.56. The van der Waals surface area contributed by atoms with Crippen LogP contribution in [0.25, 0.3) is 0 Å². The third-order valence-electron chi connectivity index (χ3n) is 4.97. The second-order valence-corrected chi connectivity index (χ2v) is 8.82. The van der Waals surface area contributed by atoms with Gasteiger partial charge in [0, 0.05) is 13.0 Å². The Labute approximate surface area is 149 Å². The van der Waals surface area contributed by atoms with E-state index >= 15 is 0 Å². The SMILES string of the molecule is COC[C@@]1(C#N)[C@@H](c2ccc(C)cc2)[C@@H]1S(=O)(=O)c1ccc(C)cc1. The molecule has 3 rings (SSSR count). The van der Waals surface area contributed by atoms with Crippen LogP contribution < -0.4 is 0 Å². The zero-order valence-corrected chi connectivity index (χ0v) is 15.4. The van der Waals surface area contributed by atoms with E-state index < -0.39 is 20.5 Å². The molecule has 0 saturated heterocycles. The zero-order chi connectivity index (χ0) is 18.2. The van der Waals surface area contributed by atoms with Crippen molar-refractivity contribution in [2.45, 2.75) is 29.9 Å². The molecule has 0 unspecified atom stereocenters. The van der Waals surface area contributed by atoms with Crippen LogP contribution in [0.5, 0.6) is 0 Å². The average molecular weight is 355 g/mol. The Kier molecular flexibility index (Phi) is 4.44. The van der Waals surface area contributed by atoms with Crippen molar-refractivity contribution < 1.29 is 13.2 Å². The van der Waals surface area contributed by atoms with Gasteiger partial charge in [0.25, 0.3) is 0 Å². The summed E-state index contributed by atoms with van der Waals surface area (Å²) in [6.07, 6.45) is 0. The highest BCUT2D eigenvalue weighted by Gasteiger charge is 2.72. The summed E-state index contributed by atoms with van der Waals surface area (Å²) in [5.41, 5.74) is 1.91. The van der Waals surface area contributed by atoms with E-state index in [9.17, 15) is 13.7 Å². The third-order valence-corrected chi connectivity index (χ3v) is 7.26. The number of benzene rings is 2. The lowest BCUT2D eigenvalue weighted by Gasteiger charge is -2.08. The van der Waals surface area contributed by atoms with Gasteiger partial charge in [0.1, 0.15) is 5.41 Å². The Bertz CT molecular complexity index is 911. The molecule has 0 bridgehead atoms. The summed E-state index contributed by atoms with van der Waals surface area (Å²) < 4.78 is 31.6. The Morgan fingerprint density at radius 3 is 2.04 bits per heavy atom. The molecular formula is C20H21NO3S. The maximum Gasteiger partial charge on any atom is 0.183 e. The summed E-state index contributed by atoms with van der Waals surface area (Å²) in [6.45, 7) is 3.98. The number of ether oxygens (including phenoxy) is 1. The summed E-state index contributed by atoms with van der Waals surface area (Å²) in [5.74, 6) is -0.385. The fraction of sp³-hybridized carbons (Fsp3) is 0.350. The van der Waals surface area contributed by atoms with E-state index in [2.05, 4.69) is 6.07 Å². The van der Waals surface area contributed by atoms with Crippen LogP contribution in [-0.4, -0.2) is 27.4 Å². The van der Waals surface area contributed by atoms with Crippen LogP contribution in [0.15, 0.2) is 53.4 Å². The van der Waals surface area contributed by atoms with Crippen LogP contribution in [-0.2, 0) is 14.6 Å². The number of rotatable bonds is 5. The van der Waals surface area contributed by atoms with E-state index in [4.69, 9.17) is 4.74 Å². The Hall–Kier alpha value is -2.16. The summed E-state index contributed by atoms with van der Waals surface area (Å²) in [7, 11) is -2.14. The van der Waals surface area contributed by atoms with Gasteiger partial charge >= 0.3 is 0 Å². The lowest BCUT2D eigenvalue weighted by Crippen LogP contribution is -2.19. The molecule has 5 heteroatoms. The van der Waals surface area contributed by atoms with Crippen LogP contribution in [0.3, 0.4) is 0 Å². The van der Waals surface area contributed by atoms with Crippen LogP contribution in [0.1, 0.15) is 22.6 Å². The molecule has 0 heterocycles. The second-order valence-electron chi connectivity index (χ2n) is 6.75. The molecule has 1 saturated carbocycles. The summed E-state index contributed by atoms with van der Waals surface area (Å²) in [4.78, 5) is 0.258. The first-order chi connectivity index (χ1) is 11.9. The van der Waals surface area contributed by atoms with Crippen LogP contribution >= 0.6 is 0 Å². The van der Waals surface area contributed by atoms with E-state index in [1.165, 1.54) is 7.11 Å². The van der Waals surface area contributed by atoms with Gasteiger partial charge in [-0.2, -0.15) is 5.26 Å². The molecule has 0 aromatic heterocycles. The van der Waals surface area contributed by atoms with Crippen molar-refractivity contribution in [3.8, 4) is 6.07 Å². The summed E-state index contributed by atoms with van der Waals surface area (Å²) >= 11 is 0. The number of sulfone groups is 1. The van der Waals surface area contributed by atoms with Gasteiger partial charge < -0.3 is 4.74 Å². The normalized spacial score (nSPS) is 25.4. The van der Waals surface area contributed by atoms with Crippen molar-refractivity contribution in [1.29, 1.82) is 5.26 Å². The lowest BCUT2D eigenvalue weighted by atomic mass is 10.0. The monoisotopic (exact) mass is 355 g/mol. The third kappa shape index (κ3) is 2.86. The summed E-state index contributed by atoms with van der Waals surface area (Å²) in [5, 5.41) is 9.01. The topological polar surface area (TPSA) is 67.2 Å². The fourth-order valence-corrected chi connectivity index (χ4v) is 5.87. The highest BCUT2D eigenvalue weighted by atomic mass is 32.2. The highest BCUT2D eigenvalue weighted by Crippen LogP contribution is 2.63. The van der Waals surface area contributed by atoms with E-state index in [1.807, 2.05) is 38.1 Å². The van der Waals surface area contributed by atoms with Crippen molar-refractivity contribution in [3.05, 3.63) is 65.2 Å². The Morgan fingerprint density at radius 1 is 1.04 bits per heavy atom. The largest absolute Gasteiger partial charge is 0.383 e. The van der Waals surface area contributed by atoms with Crippen molar-refractivity contribution in [1.82, 2.24) is 0 Å². The molecule has 25 heavy (non-hydrogen) atoms. The predicted molar refractivity (Wildman–Crippen MR) is 96.0 cm³/mol. The smallest absolute Gasteiger partial charge is 0.183 e. The molecule has 0 spiro atoms. The zero-order valence-electron chi connectivity index (χ0n) is 14.6. The minimum Gasteiger partial charge on any atom is -0.383 e. The van der Waals surface area contributed by atoms with E-state index in [-0.39, 0.29) is 17.4 Å². The molecule has 1 aliphatic rings. The molecule has 4 nitrogen and oxygen atoms in total. The first kappa shape index (κ1) is 17.7. The van der Waals surface area contributed by atoms with Gasteiger partial charge in [-0.1, -0.05) is 47.5 Å². The van der Waals surface area contributed by atoms with Crippen molar-refractivity contribution in [3.63, 3.8) is 0 Å². The molecule has 3 atom stereocenters. The lowest BCUT2D eigenvalue weighted by molar-refractivity contribution is 0.162. The van der Waals surface area contributed by atoms with Crippen LogP contribution in [0.2, 0.25) is 0 Å². The number of hydrogen-bond acceptors (Lipinski definition) is 4. The number of methoxy groups -OCH3 is 1. The van der Waals surface area contributed by atoms with Gasteiger partial charge in [0.2, 0.25) is 0 Å². The molecule has 2 aromatic carbocycles. The molecule has 1 fully saturated rings. The number of aryl methyl sites for hydroxylation is 2. The molecule has 130 valence electrons.